The number of hydrogen-bond acceptors (Lipinski definition) is 7. The maximum atomic E-state index is 10.2. The van der Waals surface area contributed by atoms with Crippen LogP contribution in [0.2, 0.25) is 0 Å². The highest BCUT2D eigenvalue weighted by atomic mass is 16.5. The first kappa shape index (κ1) is 18.7. The summed E-state index contributed by atoms with van der Waals surface area (Å²) in [5.41, 5.74) is 1.17. The van der Waals surface area contributed by atoms with E-state index in [4.69, 9.17) is 4.74 Å². The number of aliphatic hydroxyl groups excluding tert-OH is 2. The van der Waals surface area contributed by atoms with E-state index in [9.17, 15) is 10.2 Å². The van der Waals surface area contributed by atoms with Crippen LogP contribution in [-0.4, -0.2) is 63.0 Å². The summed E-state index contributed by atoms with van der Waals surface area (Å²) in [4.78, 5) is 10.7. The SMILES string of the molecule is C[C@@H]1COC[C@@](CO)(CNc2nccc(CO)n2)N1Cc1ccccc1. The molecule has 2 aromatic rings. The van der Waals surface area contributed by atoms with Gasteiger partial charge in [0.25, 0.3) is 0 Å². The van der Waals surface area contributed by atoms with Crippen LogP contribution in [0.15, 0.2) is 42.6 Å². The number of aromatic nitrogens is 2. The van der Waals surface area contributed by atoms with Gasteiger partial charge in [-0.05, 0) is 18.6 Å². The summed E-state index contributed by atoms with van der Waals surface area (Å²) < 4.78 is 5.77. The van der Waals surface area contributed by atoms with E-state index < -0.39 is 5.54 Å². The largest absolute Gasteiger partial charge is 0.394 e. The molecule has 1 aliphatic heterocycles. The van der Waals surface area contributed by atoms with Gasteiger partial charge in [-0.25, -0.2) is 9.97 Å². The van der Waals surface area contributed by atoms with Crippen LogP contribution in [0.3, 0.4) is 0 Å². The maximum absolute atomic E-state index is 10.2. The van der Waals surface area contributed by atoms with Crippen molar-refractivity contribution in [1.29, 1.82) is 0 Å². The lowest BCUT2D eigenvalue weighted by Gasteiger charge is -2.49. The summed E-state index contributed by atoms with van der Waals surface area (Å²) in [5.74, 6) is 0.433. The van der Waals surface area contributed by atoms with Gasteiger partial charge in [-0.15, -0.1) is 0 Å². The zero-order chi connectivity index (χ0) is 18.4. The van der Waals surface area contributed by atoms with Crippen LogP contribution in [0.5, 0.6) is 0 Å². The smallest absolute Gasteiger partial charge is 0.222 e. The Balaban J connectivity index is 1.78. The van der Waals surface area contributed by atoms with Crippen molar-refractivity contribution >= 4 is 5.95 Å². The third-order valence-corrected chi connectivity index (χ3v) is 4.81. The highest BCUT2D eigenvalue weighted by Crippen LogP contribution is 2.27. The van der Waals surface area contributed by atoms with Crippen molar-refractivity contribution < 1.29 is 14.9 Å². The molecule has 2 atom stereocenters. The molecule has 0 saturated carbocycles. The number of morpholine rings is 1. The lowest BCUT2D eigenvalue weighted by atomic mass is 9.94. The van der Waals surface area contributed by atoms with Crippen LogP contribution in [0.25, 0.3) is 0 Å². The lowest BCUT2D eigenvalue weighted by molar-refractivity contribution is -0.117. The van der Waals surface area contributed by atoms with Gasteiger partial charge in [-0.2, -0.15) is 0 Å². The number of aliphatic hydroxyl groups is 2. The van der Waals surface area contributed by atoms with Gasteiger partial charge in [-0.1, -0.05) is 30.3 Å². The summed E-state index contributed by atoms with van der Waals surface area (Å²) >= 11 is 0. The number of nitrogens with zero attached hydrogens (tertiary/aromatic N) is 3. The summed E-state index contributed by atoms with van der Waals surface area (Å²) in [6.07, 6.45) is 1.61. The Morgan fingerprint density at radius 2 is 2.08 bits per heavy atom. The number of anilines is 1. The molecule has 140 valence electrons. The summed E-state index contributed by atoms with van der Waals surface area (Å²) in [5, 5.41) is 22.7. The molecule has 3 N–H and O–H groups in total. The van der Waals surface area contributed by atoms with E-state index in [2.05, 4.69) is 39.2 Å². The highest BCUT2D eigenvalue weighted by Gasteiger charge is 2.42. The van der Waals surface area contributed by atoms with Gasteiger partial charge < -0.3 is 20.3 Å². The fourth-order valence-corrected chi connectivity index (χ4v) is 3.32. The molecule has 1 fully saturated rings. The molecule has 26 heavy (non-hydrogen) atoms. The predicted octanol–water partition coefficient (Wildman–Crippen LogP) is 1.03. The molecule has 1 aromatic heterocycles. The fourth-order valence-electron chi connectivity index (χ4n) is 3.32. The Labute approximate surface area is 153 Å². The second-order valence-corrected chi connectivity index (χ2v) is 6.74. The van der Waals surface area contributed by atoms with Gasteiger partial charge in [0.1, 0.15) is 0 Å². The molecular weight excluding hydrogens is 332 g/mol. The Morgan fingerprint density at radius 3 is 2.81 bits per heavy atom. The van der Waals surface area contributed by atoms with Crippen molar-refractivity contribution in [2.75, 3.05) is 31.7 Å². The molecule has 3 rings (SSSR count). The van der Waals surface area contributed by atoms with Gasteiger partial charge in [0.05, 0.1) is 37.7 Å². The zero-order valence-corrected chi connectivity index (χ0v) is 15.0. The fraction of sp³-hybridized carbons (Fsp3) is 0.474. The van der Waals surface area contributed by atoms with Crippen LogP contribution in [-0.2, 0) is 17.9 Å². The van der Waals surface area contributed by atoms with Crippen molar-refractivity contribution in [3.05, 3.63) is 53.9 Å². The van der Waals surface area contributed by atoms with Crippen LogP contribution < -0.4 is 5.32 Å². The molecule has 1 aliphatic rings. The lowest BCUT2D eigenvalue weighted by Crippen LogP contribution is -2.65. The normalized spacial score (nSPS) is 23.7. The Bertz CT molecular complexity index is 700. The van der Waals surface area contributed by atoms with Crippen molar-refractivity contribution in [1.82, 2.24) is 14.9 Å². The van der Waals surface area contributed by atoms with Crippen molar-refractivity contribution in [2.24, 2.45) is 0 Å². The molecule has 0 spiro atoms. The van der Waals surface area contributed by atoms with Crippen LogP contribution in [0.4, 0.5) is 5.95 Å². The first-order valence-corrected chi connectivity index (χ1v) is 8.83. The third-order valence-electron chi connectivity index (χ3n) is 4.81. The van der Waals surface area contributed by atoms with E-state index in [0.717, 1.165) is 6.54 Å². The van der Waals surface area contributed by atoms with Crippen LogP contribution >= 0.6 is 0 Å². The third kappa shape index (κ3) is 4.19. The van der Waals surface area contributed by atoms with E-state index in [1.165, 1.54) is 5.56 Å². The number of ether oxygens (including phenoxy) is 1. The van der Waals surface area contributed by atoms with Gasteiger partial charge in [-0.3, -0.25) is 4.90 Å². The number of benzene rings is 1. The standard InChI is InChI=1S/C19H26N4O3/c1-15-11-26-14-19(13-25,23(15)9-16-5-3-2-4-6-16)12-21-18-20-8-7-17(10-24)22-18/h2-8,15,24-25H,9-14H2,1H3,(H,20,21,22)/t15-,19+/m1/s1. The molecule has 0 amide bonds. The number of rotatable bonds is 7. The molecule has 7 nitrogen and oxygen atoms in total. The zero-order valence-electron chi connectivity index (χ0n) is 15.0. The van der Waals surface area contributed by atoms with Gasteiger partial charge in [0.15, 0.2) is 0 Å². The second kappa shape index (κ2) is 8.55. The van der Waals surface area contributed by atoms with Crippen molar-refractivity contribution in [2.45, 2.75) is 31.7 Å². The second-order valence-electron chi connectivity index (χ2n) is 6.74. The minimum Gasteiger partial charge on any atom is -0.394 e. The summed E-state index contributed by atoms with van der Waals surface area (Å²) in [7, 11) is 0. The minimum absolute atomic E-state index is 0.0448. The molecule has 0 unspecified atom stereocenters. The first-order valence-electron chi connectivity index (χ1n) is 8.83. The van der Waals surface area contributed by atoms with Gasteiger partial charge in [0.2, 0.25) is 5.95 Å². The molecule has 0 bridgehead atoms. The van der Waals surface area contributed by atoms with Crippen molar-refractivity contribution in [3.63, 3.8) is 0 Å². The first-order chi connectivity index (χ1) is 12.7. The average molecular weight is 358 g/mol. The number of hydrogen-bond donors (Lipinski definition) is 3. The van der Waals surface area contributed by atoms with E-state index in [1.54, 1.807) is 12.3 Å². The van der Waals surface area contributed by atoms with Crippen LogP contribution in [0, 0.1) is 0 Å². The molecule has 1 saturated heterocycles. The van der Waals surface area contributed by atoms with Gasteiger partial charge >= 0.3 is 0 Å². The number of nitrogens with one attached hydrogen (secondary N) is 1. The van der Waals surface area contributed by atoms with Crippen LogP contribution in [0.1, 0.15) is 18.2 Å². The van der Waals surface area contributed by atoms with E-state index >= 15 is 0 Å². The molecule has 0 aliphatic carbocycles. The monoisotopic (exact) mass is 358 g/mol. The molecule has 2 heterocycles. The Morgan fingerprint density at radius 1 is 1.27 bits per heavy atom. The average Bonchev–Trinajstić information content (AvgIpc) is 2.69. The topological polar surface area (TPSA) is 90.7 Å². The van der Waals surface area contributed by atoms with E-state index in [-0.39, 0.29) is 19.3 Å². The Kier molecular flexibility index (Phi) is 6.16. The highest BCUT2D eigenvalue weighted by molar-refractivity contribution is 5.27. The molecule has 0 radical (unpaired) electrons. The quantitative estimate of drug-likeness (QED) is 0.681. The van der Waals surface area contributed by atoms with E-state index in [0.29, 0.717) is 31.4 Å². The molecule has 7 heteroatoms. The predicted molar refractivity (Wildman–Crippen MR) is 98.5 cm³/mol. The molecule has 1 aromatic carbocycles. The van der Waals surface area contributed by atoms with E-state index in [1.807, 2.05) is 18.2 Å². The minimum atomic E-state index is -0.577. The summed E-state index contributed by atoms with van der Waals surface area (Å²) in [6, 6.07) is 12.1. The van der Waals surface area contributed by atoms with Crippen molar-refractivity contribution in [3.8, 4) is 0 Å². The Hall–Kier alpha value is -2.06. The summed E-state index contributed by atoms with van der Waals surface area (Å²) in [6.45, 7) is 4.15. The van der Waals surface area contributed by atoms with Gasteiger partial charge in [0, 0.05) is 25.3 Å². The maximum Gasteiger partial charge on any atom is 0.222 e. The molecular formula is C19H26N4O3.